The highest BCUT2D eigenvalue weighted by Crippen LogP contribution is 2.32. The molecule has 0 bridgehead atoms. The molecular weight excluding hydrogens is 207 g/mol. The number of aryl methyl sites for hydroxylation is 1. The van der Waals surface area contributed by atoms with Gasteiger partial charge in [-0.1, -0.05) is 17.7 Å². The van der Waals surface area contributed by atoms with Gasteiger partial charge in [0.1, 0.15) is 5.75 Å². The summed E-state index contributed by atoms with van der Waals surface area (Å²) in [7, 11) is 0. The molecule has 1 rings (SSSR count). The third-order valence-corrected chi connectivity index (χ3v) is 2.55. The third-order valence-electron chi connectivity index (χ3n) is 1.88. The highest BCUT2D eigenvalue weighted by Gasteiger charge is 2.11. The molecule has 0 radical (unpaired) electrons. The average Bonchev–Trinajstić information content (AvgIpc) is 2.09. The molecule has 0 aliphatic carbocycles. The topological polar surface area (TPSA) is 20.2 Å². The summed E-state index contributed by atoms with van der Waals surface area (Å²) in [5, 5.41) is 9.31. The number of hydrogen-bond acceptors (Lipinski definition) is 1. The van der Waals surface area contributed by atoms with Crippen molar-refractivity contribution in [3.05, 3.63) is 29.3 Å². The van der Waals surface area contributed by atoms with Crippen LogP contribution in [0.3, 0.4) is 0 Å². The molecule has 1 atom stereocenters. The predicted molar refractivity (Wildman–Crippen MR) is 56.8 cm³/mol. The summed E-state index contributed by atoms with van der Waals surface area (Å²) in [6, 6.07) is 5.40. The van der Waals surface area contributed by atoms with E-state index in [1.807, 2.05) is 19.1 Å². The molecular formula is C10H12Cl2O. The van der Waals surface area contributed by atoms with Crippen LogP contribution in [0.1, 0.15) is 22.9 Å². The fourth-order valence-electron chi connectivity index (χ4n) is 1.18. The van der Waals surface area contributed by atoms with Gasteiger partial charge in [-0.15, -0.1) is 23.2 Å². The summed E-state index contributed by atoms with van der Waals surface area (Å²) in [5.74, 6) is 0.748. The maximum Gasteiger partial charge on any atom is 0.120 e. The summed E-state index contributed by atoms with van der Waals surface area (Å²) in [5.41, 5.74) is 1.86. The zero-order valence-electron chi connectivity index (χ0n) is 7.43. The van der Waals surface area contributed by atoms with Crippen molar-refractivity contribution < 1.29 is 5.11 Å². The molecule has 1 N–H and O–H groups in total. The first kappa shape index (κ1) is 10.7. The molecule has 0 aliphatic rings. The summed E-state index contributed by atoms with van der Waals surface area (Å²) >= 11 is 11.6. The Kier molecular flexibility index (Phi) is 3.89. The average molecular weight is 219 g/mol. The van der Waals surface area contributed by atoms with Crippen LogP contribution in [0.25, 0.3) is 0 Å². The van der Waals surface area contributed by atoms with Gasteiger partial charge in [0.2, 0.25) is 0 Å². The minimum absolute atomic E-state index is 0.197. The van der Waals surface area contributed by atoms with Gasteiger partial charge in [0.15, 0.2) is 0 Å². The normalized spacial score (nSPS) is 12.8. The van der Waals surface area contributed by atoms with E-state index in [-0.39, 0.29) is 11.1 Å². The van der Waals surface area contributed by atoms with Gasteiger partial charge in [0.25, 0.3) is 0 Å². The lowest BCUT2D eigenvalue weighted by atomic mass is 10.1. The lowest BCUT2D eigenvalue weighted by Crippen LogP contribution is -1.92. The predicted octanol–water partition coefficient (Wildman–Crippen LogP) is 3.61. The van der Waals surface area contributed by atoms with E-state index < -0.39 is 0 Å². The fraction of sp³-hybridized carbons (Fsp3) is 0.400. The van der Waals surface area contributed by atoms with Gasteiger partial charge in [0.05, 0.1) is 5.38 Å². The van der Waals surface area contributed by atoms with Crippen LogP contribution < -0.4 is 0 Å². The van der Waals surface area contributed by atoms with Gasteiger partial charge in [-0.05, 0) is 19.4 Å². The van der Waals surface area contributed by atoms with E-state index in [4.69, 9.17) is 23.2 Å². The van der Waals surface area contributed by atoms with E-state index in [0.717, 1.165) is 11.1 Å². The van der Waals surface area contributed by atoms with Crippen molar-refractivity contribution >= 4 is 23.2 Å². The van der Waals surface area contributed by atoms with Crippen molar-refractivity contribution in [2.24, 2.45) is 0 Å². The molecule has 1 aromatic rings. The first-order chi connectivity index (χ1) is 6.15. The van der Waals surface area contributed by atoms with Crippen molar-refractivity contribution in [2.75, 3.05) is 5.88 Å². The summed E-state index contributed by atoms with van der Waals surface area (Å²) in [6.45, 7) is 1.97. The summed E-state index contributed by atoms with van der Waals surface area (Å²) < 4.78 is 0. The summed E-state index contributed by atoms with van der Waals surface area (Å²) in [6.07, 6.45) is 0.667. The highest BCUT2D eigenvalue weighted by atomic mass is 35.5. The Morgan fingerprint density at radius 3 is 2.77 bits per heavy atom. The van der Waals surface area contributed by atoms with Gasteiger partial charge >= 0.3 is 0 Å². The number of rotatable bonds is 3. The van der Waals surface area contributed by atoms with Crippen molar-refractivity contribution in [1.82, 2.24) is 0 Å². The van der Waals surface area contributed by atoms with Crippen LogP contribution in [0.4, 0.5) is 0 Å². The molecule has 0 saturated carbocycles. The van der Waals surface area contributed by atoms with Crippen LogP contribution in [-0.4, -0.2) is 11.0 Å². The SMILES string of the molecule is Cc1ccc(O)c(C(Cl)CCCl)c1. The number of benzene rings is 1. The molecule has 1 nitrogen and oxygen atoms in total. The molecule has 0 saturated heterocycles. The molecule has 13 heavy (non-hydrogen) atoms. The molecule has 1 aromatic carbocycles. The molecule has 0 spiro atoms. The molecule has 0 aliphatic heterocycles. The first-order valence-corrected chi connectivity index (χ1v) is 5.12. The number of phenols is 1. The lowest BCUT2D eigenvalue weighted by Gasteiger charge is -2.10. The molecule has 3 heteroatoms. The van der Waals surface area contributed by atoms with Crippen LogP contribution in [-0.2, 0) is 0 Å². The van der Waals surface area contributed by atoms with Crippen LogP contribution >= 0.6 is 23.2 Å². The van der Waals surface area contributed by atoms with Crippen molar-refractivity contribution in [3.8, 4) is 5.75 Å². The van der Waals surface area contributed by atoms with Gasteiger partial charge in [0, 0.05) is 11.4 Å². The van der Waals surface area contributed by atoms with Gasteiger partial charge in [-0.2, -0.15) is 0 Å². The summed E-state index contributed by atoms with van der Waals surface area (Å²) in [4.78, 5) is 0. The minimum atomic E-state index is -0.197. The van der Waals surface area contributed by atoms with Crippen molar-refractivity contribution in [1.29, 1.82) is 0 Å². The zero-order valence-corrected chi connectivity index (χ0v) is 8.94. The monoisotopic (exact) mass is 218 g/mol. The maximum absolute atomic E-state index is 9.50. The standard InChI is InChI=1S/C10H12Cl2O/c1-7-2-3-10(13)8(6-7)9(12)4-5-11/h2-3,6,9,13H,4-5H2,1H3. The van der Waals surface area contributed by atoms with E-state index in [1.165, 1.54) is 0 Å². The fourth-order valence-corrected chi connectivity index (χ4v) is 1.79. The Labute approximate surface area is 88.3 Å². The second-order valence-electron chi connectivity index (χ2n) is 3.01. The number of phenolic OH excluding ortho intramolecular Hbond substituents is 1. The van der Waals surface area contributed by atoms with Crippen LogP contribution in [0.2, 0.25) is 0 Å². The number of halogens is 2. The largest absolute Gasteiger partial charge is 0.508 e. The van der Waals surface area contributed by atoms with E-state index in [0.29, 0.717) is 12.3 Å². The molecule has 0 fully saturated rings. The number of hydrogen-bond donors (Lipinski definition) is 1. The van der Waals surface area contributed by atoms with E-state index in [2.05, 4.69) is 0 Å². The Balaban J connectivity index is 2.91. The molecule has 0 aromatic heterocycles. The van der Waals surface area contributed by atoms with Gasteiger partial charge in [-0.25, -0.2) is 0 Å². The Hall–Kier alpha value is -0.400. The Morgan fingerprint density at radius 1 is 1.46 bits per heavy atom. The molecule has 0 heterocycles. The minimum Gasteiger partial charge on any atom is -0.508 e. The highest BCUT2D eigenvalue weighted by molar-refractivity contribution is 6.22. The number of alkyl halides is 2. The van der Waals surface area contributed by atoms with Crippen molar-refractivity contribution in [3.63, 3.8) is 0 Å². The Morgan fingerprint density at radius 2 is 2.15 bits per heavy atom. The van der Waals surface area contributed by atoms with Crippen LogP contribution in [0.5, 0.6) is 5.75 Å². The van der Waals surface area contributed by atoms with E-state index in [9.17, 15) is 5.11 Å². The van der Waals surface area contributed by atoms with Gasteiger partial charge in [-0.3, -0.25) is 0 Å². The first-order valence-electron chi connectivity index (χ1n) is 4.14. The molecule has 1 unspecified atom stereocenters. The second kappa shape index (κ2) is 4.73. The quantitative estimate of drug-likeness (QED) is 0.770. The van der Waals surface area contributed by atoms with E-state index >= 15 is 0 Å². The Bertz CT molecular complexity index is 286. The maximum atomic E-state index is 9.50. The third kappa shape index (κ3) is 2.78. The smallest absolute Gasteiger partial charge is 0.120 e. The second-order valence-corrected chi connectivity index (χ2v) is 3.91. The van der Waals surface area contributed by atoms with Crippen LogP contribution in [0.15, 0.2) is 18.2 Å². The van der Waals surface area contributed by atoms with Gasteiger partial charge < -0.3 is 5.11 Å². The van der Waals surface area contributed by atoms with Crippen LogP contribution in [0, 0.1) is 6.92 Å². The van der Waals surface area contributed by atoms with E-state index in [1.54, 1.807) is 6.07 Å². The number of aromatic hydroxyl groups is 1. The zero-order chi connectivity index (χ0) is 9.84. The van der Waals surface area contributed by atoms with Crippen molar-refractivity contribution in [2.45, 2.75) is 18.7 Å². The molecule has 72 valence electrons. The lowest BCUT2D eigenvalue weighted by molar-refractivity contribution is 0.466. The molecule has 0 amide bonds.